The van der Waals surface area contributed by atoms with E-state index in [-0.39, 0.29) is 10.8 Å². The van der Waals surface area contributed by atoms with Gasteiger partial charge in [0.05, 0.1) is 5.38 Å². The highest BCUT2D eigenvalue weighted by Crippen LogP contribution is 2.52. The molecule has 2 aromatic rings. The minimum Gasteiger partial charge on any atom is -0.142 e. The maximum Gasteiger partial charge on any atom is 0.0653 e. The van der Waals surface area contributed by atoms with E-state index in [0.717, 1.165) is 0 Å². The van der Waals surface area contributed by atoms with Crippen molar-refractivity contribution < 1.29 is 0 Å². The molecule has 1 aromatic heterocycles. The number of rotatable bonds is 2. The van der Waals surface area contributed by atoms with Crippen molar-refractivity contribution in [1.82, 2.24) is 0 Å². The van der Waals surface area contributed by atoms with E-state index in [9.17, 15) is 0 Å². The van der Waals surface area contributed by atoms with Gasteiger partial charge in [-0.25, -0.2) is 0 Å². The van der Waals surface area contributed by atoms with Crippen LogP contribution in [0.15, 0.2) is 28.1 Å². The van der Waals surface area contributed by atoms with Crippen LogP contribution in [-0.2, 0) is 0 Å². The fourth-order valence-electron chi connectivity index (χ4n) is 3.05. The second-order valence-corrected chi connectivity index (χ2v) is 7.70. The standard InChI is InChI=1S/C15H16BrClS/c1-15(7-2-3-8-15)14(17)11-9-18-13-10(11)5-4-6-12(13)16/h4-6,9,14H,2-3,7-8H2,1H3. The Morgan fingerprint density at radius 1 is 1.33 bits per heavy atom. The zero-order valence-corrected chi connectivity index (χ0v) is 13.5. The monoisotopic (exact) mass is 342 g/mol. The van der Waals surface area contributed by atoms with Crippen LogP contribution in [0.2, 0.25) is 0 Å². The normalized spacial score (nSPS) is 20.4. The molecule has 3 rings (SSSR count). The SMILES string of the molecule is CC1(C(Cl)c2csc3c(Br)cccc23)CCCC1. The first-order valence-corrected chi connectivity index (χ1v) is 8.52. The molecule has 3 heteroatoms. The molecule has 1 saturated carbocycles. The van der Waals surface area contributed by atoms with E-state index < -0.39 is 0 Å². The summed E-state index contributed by atoms with van der Waals surface area (Å²) in [6, 6.07) is 6.39. The van der Waals surface area contributed by atoms with Crippen molar-refractivity contribution in [2.24, 2.45) is 5.41 Å². The number of halogens is 2. The summed E-state index contributed by atoms with van der Waals surface area (Å²) >= 11 is 12.2. The van der Waals surface area contributed by atoms with Gasteiger partial charge in [0, 0.05) is 9.17 Å². The minimum absolute atomic E-state index is 0.142. The number of hydrogen-bond donors (Lipinski definition) is 0. The van der Waals surface area contributed by atoms with E-state index >= 15 is 0 Å². The summed E-state index contributed by atoms with van der Waals surface area (Å²) in [5.74, 6) is 0. The predicted molar refractivity (Wildman–Crippen MR) is 84.7 cm³/mol. The average molecular weight is 344 g/mol. The molecule has 1 unspecified atom stereocenters. The molecular weight excluding hydrogens is 328 g/mol. The number of alkyl halides is 1. The zero-order chi connectivity index (χ0) is 12.8. The van der Waals surface area contributed by atoms with Crippen molar-refractivity contribution in [3.63, 3.8) is 0 Å². The molecule has 1 fully saturated rings. The lowest BCUT2D eigenvalue weighted by atomic mass is 9.81. The van der Waals surface area contributed by atoms with Gasteiger partial charge in [-0.05, 0) is 56.6 Å². The molecule has 1 aromatic carbocycles. The van der Waals surface area contributed by atoms with Gasteiger partial charge in [0.25, 0.3) is 0 Å². The van der Waals surface area contributed by atoms with E-state index in [0.29, 0.717) is 0 Å². The van der Waals surface area contributed by atoms with Crippen LogP contribution in [0.3, 0.4) is 0 Å². The van der Waals surface area contributed by atoms with E-state index in [1.807, 2.05) is 0 Å². The maximum absolute atomic E-state index is 6.82. The van der Waals surface area contributed by atoms with Gasteiger partial charge < -0.3 is 0 Å². The van der Waals surface area contributed by atoms with E-state index in [1.165, 1.54) is 45.8 Å². The molecule has 1 atom stereocenters. The van der Waals surface area contributed by atoms with Crippen molar-refractivity contribution in [2.45, 2.75) is 38.0 Å². The molecule has 0 amide bonds. The molecule has 1 heterocycles. The van der Waals surface area contributed by atoms with Gasteiger partial charge in [-0.1, -0.05) is 31.9 Å². The van der Waals surface area contributed by atoms with Gasteiger partial charge in [-0.2, -0.15) is 0 Å². The molecule has 0 aliphatic heterocycles. The first-order chi connectivity index (χ1) is 8.62. The van der Waals surface area contributed by atoms with Crippen LogP contribution < -0.4 is 0 Å². The summed E-state index contributed by atoms with van der Waals surface area (Å²) in [6.07, 6.45) is 5.16. The lowest BCUT2D eigenvalue weighted by molar-refractivity contribution is 0.323. The third-order valence-corrected chi connectivity index (χ3v) is 6.94. The first kappa shape index (κ1) is 13.0. The number of benzene rings is 1. The summed E-state index contributed by atoms with van der Waals surface area (Å²) in [4.78, 5) is 0. The van der Waals surface area contributed by atoms with E-state index in [1.54, 1.807) is 11.3 Å². The van der Waals surface area contributed by atoms with Gasteiger partial charge in [-0.15, -0.1) is 22.9 Å². The molecule has 0 saturated heterocycles. The molecule has 18 heavy (non-hydrogen) atoms. The molecule has 1 aliphatic carbocycles. The molecule has 0 radical (unpaired) electrons. The molecule has 0 bridgehead atoms. The van der Waals surface area contributed by atoms with Gasteiger partial charge >= 0.3 is 0 Å². The van der Waals surface area contributed by atoms with Crippen LogP contribution in [0.5, 0.6) is 0 Å². The van der Waals surface area contributed by atoms with Crippen molar-refractivity contribution in [3.8, 4) is 0 Å². The lowest BCUT2D eigenvalue weighted by Gasteiger charge is -2.29. The Bertz CT molecular complexity index is 569. The fourth-order valence-corrected chi connectivity index (χ4v) is 5.17. The Balaban J connectivity index is 2.07. The quantitative estimate of drug-likeness (QED) is 0.544. The van der Waals surface area contributed by atoms with Crippen molar-refractivity contribution >= 4 is 49.0 Å². The van der Waals surface area contributed by atoms with Crippen molar-refractivity contribution in [1.29, 1.82) is 0 Å². The largest absolute Gasteiger partial charge is 0.142 e. The maximum atomic E-state index is 6.82. The van der Waals surface area contributed by atoms with Crippen LogP contribution in [0.1, 0.15) is 43.5 Å². The van der Waals surface area contributed by atoms with Gasteiger partial charge in [0.15, 0.2) is 0 Å². The van der Waals surface area contributed by atoms with Gasteiger partial charge in [-0.3, -0.25) is 0 Å². The van der Waals surface area contributed by atoms with E-state index in [2.05, 4.69) is 46.4 Å². The second kappa shape index (κ2) is 4.81. The third-order valence-electron chi connectivity index (χ3n) is 4.21. The summed E-state index contributed by atoms with van der Waals surface area (Å²) in [6.45, 7) is 2.35. The number of thiophene rings is 1. The minimum atomic E-state index is 0.142. The van der Waals surface area contributed by atoms with Crippen LogP contribution >= 0.6 is 38.9 Å². The van der Waals surface area contributed by atoms with Crippen LogP contribution in [0.25, 0.3) is 10.1 Å². The molecule has 0 N–H and O–H groups in total. The highest BCUT2D eigenvalue weighted by Gasteiger charge is 2.37. The summed E-state index contributed by atoms with van der Waals surface area (Å²) in [5.41, 5.74) is 1.60. The Kier molecular flexibility index (Phi) is 3.46. The molecule has 0 nitrogen and oxygen atoms in total. The van der Waals surface area contributed by atoms with Crippen molar-refractivity contribution in [2.75, 3.05) is 0 Å². The molecule has 0 spiro atoms. The second-order valence-electron chi connectivity index (χ2n) is 5.53. The van der Waals surface area contributed by atoms with Crippen LogP contribution in [-0.4, -0.2) is 0 Å². The number of hydrogen-bond acceptors (Lipinski definition) is 1. The van der Waals surface area contributed by atoms with Crippen molar-refractivity contribution in [3.05, 3.63) is 33.6 Å². The Morgan fingerprint density at radius 2 is 2.06 bits per heavy atom. The lowest BCUT2D eigenvalue weighted by Crippen LogP contribution is -2.17. The summed E-state index contributed by atoms with van der Waals surface area (Å²) < 4.78 is 2.50. The molecule has 1 aliphatic rings. The summed E-state index contributed by atoms with van der Waals surface area (Å²) in [5, 5.41) is 3.71. The average Bonchev–Trinajstić information content (AvgIpc) is 2.96. The Morgan fingerprint density at radius 3 is 2.78 bits per heavy atom. The highest BCUT2D eigenvalue weighted by molar-refractivity contribution is 9.10. The smallest absolute Gasteiger partial charge is 0.0653 e. The fraction of sp³-hybridized carbons (Fsp3) is 0.467. The Labute approximate surface area is 125 Å². The van der Waals surface area contributed by atoms with E-state index in [4.69, 9.17) is 11.6 Å². The third kappa shape index (κ3) is 2.03. The molecule has 96 valence electrons. The molecular formula is C15H16BrClS. The highest BCUT2D eigenvalue weighted by atomic mass is 79.9. The predicted octanol–water partition coefficient (Wildman–Crippen LogP) is 6.52. The van der Waals surface area contributed by atoms with Crippen LogP contribution in [0, 0.1) is 5.41 Å². The van der Waals surface area contributed by atoms with Gasteiger partial charge in [0.2, 0.25) is 0 Å². The zero-order valence-electron chi connectivity index (χ0n) is 10.4. The first-order valence-electron chi connectivity index (χ1n) is 6.41. The summed E-state index contributed by atoms with van der Waals surface area (Å²) in [7, 11) is 0. The van der Waals surface area contributed by atoms with Gasteiger partial charge in [0.1, 0.15) is 0 Å². The van der Waals surface area contributed by atoms with Crippen LogP contribution in [0.4, 0.5) is 0 Å². The Hall–Kier alpha value is -0.0500. The number of fused-ring (bicyclic) bond motifs is 1. The topological polar surface area (TPSA) is 0 Å².